The SMILES string of the molecule is COc1ccc(Cl)cc1Nc1ccnc(C(=O)N2CCN(C(C)=O)CC2)c1. The van der Waals surface area contributed by atoms with E-state index in [4.69, 9.17) is 16.3 Å². The Hall–Kier alpha value is -2.80. The molecular weight excluding hydrogens is 368 g/mol. The highest BCUT2D eigenvalue weighted by Crippen LogP contribution is 2.30. The molecule has 1 N–H and O–H groups in total. The number of hydrogen-bond donors (Lipinski definition) is 1. The number of aromatic nitrogens is 1. The van der Waals surface area contributed by atoms with E-state index in [1.807, 2.05) is 0 Å². The number of methoxy groups -OCH3 is 1. The first kappa shape index (κ1) is 19.0. The summed E-state index contributed by atoms with van der Waals surface area (Å²) >= 11 is 6.06. The molecule has 1 saturated heterocycles. The van der Waals surface area contributed by atoms with Gasteiger partial charge in [0.2, 0.25) is 5.91 Å². The number of rotatable bonds is 4. The zero-order valence-corrected chi connectivity index (χ0v) is 16.0. The Balaban J connectivity index is 1.73. The van der Waals surface area contributed by atoms with Crippen LogP contribution in [-0.2, 0) is 4.79 Å². The molecule has 0 unspecified atom stereocenters. The summed E-state index contributed by atoms with van der Waals surface area (Å²) in [5, 5.41) is 3.79. The molecule has 1 aliphatic heterocycles. The van der Waals surface area contributed by atoms with E-state index < -0.39 is 0 Å². The van der Waals surface area contributed by atoms with E-state index in [0.29, 0.717) is 54.0 Å². The van der Waals surface area contributed by atoms with Gasteiger partial charge in [-0.15, -0.1) is 0 Å². The highest BCUT2D eigenvalue weighted by atomic mass is 35.5. The second-order valence-electron chi connectivity index (χ2n) is 6.20. The fraction of sp³-hybridized carbons (Fsp3) is 0.316. The second kappa shape index (κ2) is 8.26. The number of anilines is 2. The van der Waals surface area contributed by atoms with Crippen molar-refractivity contribution in [2.45, 2.75) is 6.92 Å². The van der Waals surface area contributed by atoms with Crippen molar-refractivity contribution in [2.75, 3.05) is 38.6 Å². The first-order valence-corrected chi connectivity index (χ1v) is 8.97. The molecule has 2 amide bonds. The summed E-state index contributed by atoms with van der Waals surface area (Å²) in [7, 11) is 1.58. The molecule has 0 saturated carbocycles. The van der Waals surface area contributed by atoms with E-state index in [1.54, 1.807) is 53.4 Å². The van der Waals surface area contributed by atoms with Crippen LogP contribution >= 0.6 is 11.6 Å². The average molecular weight is 389 g/mol. The van der Waals surface area contributed by atoms with Gasteiger partial charge >= 0.3 is 0 Å². The molecule has 2 aromatic rings. The van der Waals surface area contributed by atoms with Crippen LogP contribution in [0.3, 0.4) is 0 Å². The topological polar surface area (TPSA) is 74.8 Å². The predicted octanol–water partition coefficient (Wildman–Crippen LogP) is 2.79. The molecule has 0 spiro atoms. The Morgan fingerprint density at radius 2 is 1.81 bits per heavy atom. The Kier molecular flexibility index (Phi) is 5.81. The molecule has 1 fully saturated rings. The van der Waals surface area contributed by atoms with Crippen LogP contribution in [-0.4, -0.2) is 59.9 Å². The maximum absolute atomic E-state index is 12.7. The van der Waals surface area contributed by atoms with Gasteiger partial charge in [0.1, 0.15) is 11.4 Å². The van der Waals surface area contributed by atoms with Crippen molar-refractivity contribution >= 4 is 34.8 Å². The molecule has 1 aromatic carbocycles. The van der Waals surface area contributed by atoms with E-state index in [2.05, 4.69) is 10.3 Å². The Labute approximate surface area is 162 Å². The van der Waals surface area contributed by atoms with E-state index in [1.165, 1.54) is 6.92 Å². The van der Waals surface area contributed by atoms with Crippen molar-refractivity contribution in [2.24, 2.45) is 0 Å². The number of carbonyl (C=O) groups excluding carboxylic acids is 2. The fourth-order valence-electron chi connectivity index (χ4n) is 2.95. The van der Waals surface area contributed by atoms with E-state index >= 15 is 0 Å². The smallest absolute Gasteiger partial charge is 0.272 e. The number of benzene rings is 1. The van der Waals surface area contributed by atoms with Gasteiger partial charge in [0.05, 0.1) is 12.8 Å². The second-order valence-corrected chi connectivity index (χ2v) is 6.63. The van der Waals surface area contributed by atoms with E-state index in [-0.39, 0.29) is 11.8 Å². The number of nitrogens with zero attached hydrogens (tertiary/aromatic N) is 3. The van der Waals surface area contributed by atoms with Crippen LogP contribution in [0.1, 0.15) is 17.4 Å². The van der Waals surface area contributed by atoms with Gasteiger partial charge in [-0.25, -0.2) is 0 Å². The first-order valence-electron chi connectivity index (χ1n) is 8.59. The maximum atomic E-state index is 12.7. The monoisotopic (exact) mass is 388 g/mol. The van der Waals surface area contributed by atoms with Gasteiger partial charge in [0.25, 0.3) is 5.91 Å². The highest BCUT2D eigenvalue weighted by molar-refractivity contribution is 6.31. The summed E-state index contributed by atoms with van der Waals surface area (Å²) in [5.74, 6) is 0.520. The van der Waals surface area contributed by atoms with Crippen LogP contribution in [0.4, 0.5) is 11.4 Å². The molecule has 1 aromatic heterocycles. The number of nitrogens with one attached hydrogen (secondary N) is 1. The van der Waals surface area contributed by atoms with Crippen LogP contribution in [0.25, 0.3) is 0 Å². The Bertz CT molecular complexity index is 851. The van der Waals surface area contributed by atoms with Crippen molar-refractivity contribution in [3.05, 3.63) is 47.2 Å². The number of halogens is 1. The van der Waals surface area contributed by atoms with Crippen molar-refractivity contribution in [1.82, 2.24) is 14.8 Å². The third-order valence-corrected chi connectivity index (χ3v) is 4.67. The van der Waals surface area contributed by atoms with E-state index in [9.17, 15) is 9.59 Å². The van der Waals surface area contributed by atoms with Crippen molar-refractivity contribution in [1.29, 1.82) is 0 Å². The lowest BCUT2D eigenvalue weighted by molar-refractivity contribution is -0.130. The van der Waals surface area contributed by atoms with Crippen molar-refractivity contribution in [3.63, 3.8) is 0 Å². The zero-order chi connectivity index (χ0) is 19.4. The number of pyridine rings is 1. The number of ether oxygens (including phenoxy) is 1. The third kappa shape index (κ3) is 4.49. The minimum absolute atomic E-state index is 0.0295. The molecule has 8 heteroatoms. The number of hydrogen-bond acceptors (Lipinski definition) is 5. The standard InChI is InChI=1S/C19H21ClN4O3/c1-13(25)23-7-9-24(10-8-23)19(26)17-12-15(5-6-21-17)22-16-11-14(20)3-4-18(16)27-2/h3-6,11-12H,7-10H2,1-2H3,(H,21,22). The van der Waals surface area contributed by atoms with Crippen molar-refractivity contribution in [3.8, 4) is 5.75 Å². The van der Waals surface area contributed by atoms with Gasteiger partial charge < -0.3 is 19.9 Å². The number of piperazine rings is 1. The summed E-state index contributed by atoms with van der Waals surface area (Å²) in [6.45, 7) is 3.62. The van der Waals surface area contributed by atoms with Gasteiger partial charge in [-0.3, -0.25) is 14.6 Å². The normalized spacial score (nSPS) is 14.0. The predicted molar refractivity (Wildman–Crippen MR) is 104 cm³/mol. The van der Waals surface area contributed by atoms with Gasteiger partial charge in [-0.2, -0.15) is 0 Å². The lowest BCUT2D eigenvalue weighted by atomic mass is 10.2. The summed E-state index contributed by atoms with van der Waals surface area (Å²) in [5.41, 5.74) is 1.75. The summed E-state index contributed by atoms with van der Waals surface area (Å²) < 4.78 is 5.33. The van der Waals surface area contributed by atoms with E-state index in [0.717, 1.165) is 0 Å². The number of carbonyl (C=O) groups is 2. The maximum Gasteiger partial charge on any atom is 0.272 e. The molecule has 2 heterocycles. The molecule has 27 heavy (non-hydrogen) atoms. The number of amides is 2. The zero-order valence-electron chi connectivity index (χ0n) is 15.2. The largest absolute Gasteiger partial charge is 0.495 e. The third-order valence-electron chi connectivity index (χ3n) is 4.43. The van der Waals surface area contributed by atoms with Crippen LogP contribution < -0.4 is 10.1 Å². The molecule has 142 valence electrons. The molecule has 0 atom stereocenters. The highest BCUT2D eigenvalue weighted by Gasteiger charge is 2.24. The quantitative estimate of drug-likeness (QED) is 0.871. The molecule has 3 rings (SSSR count). The molecular formula is C19H21ClN4O3. The Morgan fingerprint density at radius 3 is 2.48 bits per heavy atom. The summed E-state index contributed by atoms with van der Waals surface area (Å²) in [6, 6.07) is 8.73. The van der Waals surface area contributed by atoms with Gasteiger partial charge in [-0.1, -0.05) is 11.6 Å². The molecule has 0 aliphatic carbocycles. The van der Waals surface area contributed by atoms with Crippen LogP contribution in [0.5, 0.6) is 5.75 Å². The average Bonchev–Trinajstić information content (AvgIpc) is 2.68. The fourth-order valence-corrected chi connectivity index (χ4v) is 3.12. The molecule has 0 radical (unpaired) electrons. The van der Waals surface area contributed by atoms with Gasteiger partial charge in [0.15, 0.2) is 0 Å². The van der Waals surface area contributed by atoms with Crippen LogP contribution in [0.15, 0.2) is 36.5 Å². The lowest BCUT2D eigenvalue weighted by Gasteiger charge is -2.34. The van der Waals surface area contributed by atoms with Gasteiger partial charge in [0, 0.05) is 50.0 Å². The lowest BCUT2D eigenvalue weighted by Crippen LogP contribution is -2.50. The molecule has 0 bridgehead atoms. The van der Waals surface area contributed by atoms with Crippen LogP contribution in [0, 0.1) is 0 Å². The molecule has 7 nitrogen and oxygen atoms in total. The minimum Gasteiger partial charge on any atom is -0.495 e. The summed E-state index contributed by atoms with van der Waals surface area (Å²) in [6.07, 6.45) is 1.58. The van der Waals surface area contributed by atoms with Crippen LogP contribution in [0.2, 0.25) is 5.02 Å². The Morgan fingerprint density at radius 1 is 1.11 bits per heavy atom. The minimum atomic E-state index is -0.153. The summed E-state index contributed by atoms with van der Waals surface area (Å²) in [4.78, 5) is 31.8. The molecule has 1 aliphatic rings. The van der Waals surface area contributed by atoms with Gasteiger partial charge in [-0.05, 0) is 30.3 Å². The first-order chi connectivity index (χ1) is 13.0. The van der Waals surface area contributed by atoms with Crippen molar-refractivity contribution < 1.29 is 14.3 Å².